The Bertz CT molecular complexity index is 221. The fourth-order valence-electron chi connectivity index (χ4n) is 3.54. The lowest BCUT2D eigenvalue weighted by molar-refractivity contribution is -0.177. The normalized spacial score (nSPS) is 52.5. The zero-order chi connectivity index (χ0) is 9.60. The number of nitrogens with two attached hydrogens (primary N) is 1. The Morgan fingerprint density at radius 3 is 2.57 bits per heavy atom. The molecule has 0 unspecified atom stereocenters. The Balaban J connectivity index is 1.81. The SMILES string of the molecule is N[C@H]1CCO[C@@]2(C1)CN1CCC2CC1. The molecule has 80 valence electrons. The number of piperidine rings is 3. The summed E-state index contributed by atoms with van der Waals surface area (Å²) in [6.45, 7) is 4.59. The van der Waals surface area contributed by atoms with Gasteiger partial charge in [0, 0.05) is 19.2 Å². The standard InChI is InChI=1S/C11H20N2O/c12-10-3-6-14-11(7-10)8-13-4-1-9(11)2-5-13/h9-10H,1-8,12H2/t10-,11-/m0/s1. The van der Waals surface area contributed by atoms with Crippen molar-refractivity contribution in [3.8, 4) is 0 Å². The Labute approximate surface area is 85.6 Å². The minimum Gasteiger partial charge on any atom is -0.373 e. The van der Waals surface area contributed by atoms with E-state index in [9.17, 15) is 0 Å². The summed E-state index contributed by atoms with van der Waals surface area (Å²) in [4.78, 5) is 2.55. The van der Waals surface area contributed by atoms with Crippen LogP contribution in [0.2, 0.25) is 0 Å². The molecule has 0 radical (unpaired) electrons. The molecule has 1 spiro atoms. The summed E-state index contributed by atoms with van der Waals surface area (Å²) in [7, 11) is 0. The van der Waals surface area contributed by atoms with Gasteiger partial charge in [-0.1, -0.05) is 0 Å². The van der Waals surface area contributed by atoms with Crippen LogP contribution >= 0.6 is 0 Å². The van der Waals surface area contributed by atoms with Gasteiger partial charge in [0.25, 0.3) is 0 Å². The Kier molecular flexibility index (Phi) is 2.08. The first-order valence-electron chi connectivity index (χ1n) is 5.90. The predicted octanol–water partition coefficient (Wildman–Crippen LogP) is 0.588. The van der Waals surface area contributed by atoms with E-state index in [1.54, 1.807) is 0 Å². The molecule has 3 nitrogen and oxygen atoms in total. The van der Waals surface area contributed by atoms with E-state index in [0.717, 1.165) is 31.9 Å². The summed E-state index contributed by atoms with van der Waals surface area (Å²) in [6.07, 6.45) is 4.79. The van der Waals surface area contributed by atoms with Crippen molar-refractivity contribution >= 4 is 0 Å². The molecule has 2 bridgehead atoms. The maximum Gasteiger partial charge on any atom is 0.0852 e. The first-order chi connectivity index (χ1) is 6.78. The molecule has 14 heavy (non-hydrogen) atoms. The van der Waals surface area contributed by atoms with E-state index < -0.39 is 0 Å². The third kappa shape index (κ3) is 1.30. The average molecular weight is 196 g/mol. The molecule has 4 fully saturated rings. The van der Waals surface area contributed by atoms with Crippen LogP contribution < -0.4 is 5.73 Å². The van der Waals surface area contributed by atoms with Crippen molar-refractivity contribution in [2.24, 2.45) is 11.7 Å². The van der Waals surface area contributed by atoms with Gasteiger partial charge in [-0.15, -0.1) is 0 Å². The second-order valence-corrected chi connectivity index (χ2v) is 5.22. The number of hydrogen-bond donors (Lipinski definition) is 1. The van der Waals surface area contributed by atoms with Gasteiger partial charge in [-0.05, 0) is 44.7 Å². The van der Waals surface area contributed by atoms with Crippen molar-refractivity contribution in [3.63, 3.8) is 0 Å². The van der Waals surface area contributed by atoms with Crippen LogP contribution in [0.4, 0.5) is 0 Å². The lowest BCUT2D eigenvalue weighted by Crippen LogP contribution is -2.63. The molecule has 0 aromatic carbocycles. The van der Waals surface area contributed by atoms with Gasteiger partial charge in [-0.3, -0.25) is 0 Å². The lowest BCUT2D eigenvalue weighted by atomic mass is 9.71. The number of ether oxygens (including phenoxy) is 1. The van der Waals surface area contributed by atoms with Gasteiger partial charge in [0.15, 0.2) is 0 Å². The van der Waals surface area contributed by atoms with Crippen molar-refractivity contribution < 1.29 is 4.74 Å². The van der Waals surface area contributed by atoms with E-state index >= 15 is 0 Å². The lowest BCUT2D eigenvalue weighted by Gasteiger charge is -2.55. The molecule has 4 saturated heterocycles. The molecule has 0 aliphatic carbocycles. The molecule has 4 rings (SSSR count). The molecular weight excluding hydrogens is 176 g/mol. The molecule has 2 atom stereocenters. The summed E-state index contributed by atoms with van der Waals surface area (Å²) >= 11 is 0. The second kappa shape index (κ2) is 3.19. The fraction of sp³-hybridized carbons (Fsp3) is 1.00. The van der Waals surface area contributed by atoms with Crippen molar-refractivity contribution in [2.45, 2.75) is 37.3 Å². The van der Waals surface area contributed by atoms with Gasteiger partial charge >= 0.3 is 0 Å². The van der Waals surface area contributed by atoms with Crippen LogP contribution in [0.25, 0.3) is 0 Å². The first-order valence-corrected chi connectivity index (χ1v) is 5.90. The average Bonchev–Trinajstić information content (AvgIpc) is 2.18. The number of rotatable bonds is 0. The smallest absolute Gasteiger partial charge is 0.0852 e. The van der Waals surface area contributed by atoms with Gasteiger partial charge < -0.3 is 15.4 Å². The molecule has 4 aliphatic rings. The maximum absolute atomic E-state index is 6.09. The quantitative estimate of drug-likeness (QED) is 0.616. The van der Waals surface area contributed by atoms with Gasteiger partial charge in [0.05, 0.1) is 5.60 Å². The van der Waals surface area contributed by atoms with Crippen LogP contribution in [0, 0.1) is 5.92 Å². The third-order valence-electron chi connectivity index (χ3n) is 4.31. The number of fused-ring (bicyclic) bond motifs is 2. The Morgan fingerprint density at radius 1 is 1.21 bits per heavy atom. The van der Waals surface area contributed by atoms with Gasteiger partial charge in [-0.25, -0.2) is 0 Å². The highest BCUT2D eigenvalue weighted by atomic mass is 16.5. The summed E-state index contributed by atoms with van der Waals surface area (Å²) in [5, 5.41) is 0. The van der Waals surface area contributed by atoms with Crippen molar-refractivity contribution in [2.75, 3.05) is 26.2 Å². The van der Waals surface area contributed by atoms with Gasteiger partial charge in [0.2, 0.25) is 0 Å². The van der Waals surface area contributed by atoms with Gasteiger partial charge in [0.1, 0.15) is 0 Å². The fourth-order valence-corrected chi connectivity index (χ4v) is 3.54. The van der Waals surface area contributed by atoms with E-state index in [-0.39, 0.29) is 5.60 Å². The topological polar surface area (TPSA) is 38.5 Å². The Hall–Kier alpha value is -0.120. The minimum atomic E-state index is 0.147. The molecular formula is C11H20N2O. The van der Waals surface area contributed by atoms with E-state index in [0.29, 0.717) is 6.04 Å². The van der Waals surface area contributed by atoms with Gasteiger partial charge in [-0.2, -0.15) is 0 Å². The van der Waals surface area contributed by atoms with E-state index in [1.807, 2.05) is 0 Å². The highest BCUT2D eigenvalue weighted by Crippen LogP contribution is 2.42. The summed E-state index contributed by atoms with van der Waals surface area (Å²) in [6, 6.07) is 0.379. The van der Waals surface area contributed by atoms with Crippen molar-refractivity contribution in [3.05, 3.63) is 0 Å². The van der Waals surface area contributed by atoms with Crippen molar-refractivity contribution in [1.82, 2.24) is 4.90 Å². The molecule has 3 heteroatoms. The summed E-state index contributed by atoms with van der Waals surface area (Å²) in [5.74, 6) is 0.791. The van der Waals surface area contributed by atoms with Crippen LogP contribution in [-0.4, -0.2) is 42.8 Å². The minimum absolute atomic E-state index is 0.147. The molecule has 0 aromatic heterocycles. The number of nitrogens with zero attached hydrogens (tertiary/aromatic N) is 1. The Morgan fingerprint density at radius 2 is 2.00 bits per heavy atom. The van der Waals surface area contributed by atoms with Crippen LogP contribution in [0.15, 0.2) is 0 Å². The number of hydrogen-bond acceptors (Lipinski definition) is 3. The second-order valence-electron chi connectivity index (χ2n) is 5.22. The molecule has 0 amide bonds. The van der Waals surface area contributed by atoms with E-state index in [1.165, 1.54) is 25.9 Å². The molecule has 2 N–H and O–H groups in total. The largest absolute Gasteiger partial charge is 0.373 e. The first kappa shape index (κ1) is 9.13. The zero-order valence-corrected chi connectivity index (χ0v) is 8.74. The monoisotopic (exact) mass is 196 g/mol. The maximum atomic E-state index is 6.09. The van der Waals surface area contributed by atoms with Crippen LogP contribution in [0.5, 0.6) is 0 Å². The molecule has 4 heterocycles. The highest BCUT2D eigenvalue weighted by Gasteiger charge is 2.49. The van der Waals surface area contributed by atoms with Crippen molar-refractivity contribution in [1.29, 1.82) is 0 Å². The molecule has 4 aliphatic heterocycles. The zero-order valence-electron chi connectivity index (χ0n) is 8.74. The van der Waals surface area contributed by atoms with Crippen LogP contribution in [0.3, 0.4) is 0 Å². The summed E-state index contributed by atoms with van der Waals surface area (Å²) < 4.78 is 6.09. The van der Waals surface area contributed by atoms with E-state index in [4.69, 9.17) is 10.5 Å². The predicted molar refractivity (Wildman–Crippen MR) is 55.1 cm³/mol. The molecule has 0 saturated carbocycles. The van der Waals surface area contributed by atoms with Crippen LogP contribution in [-0.2, 0) is 4.74 Å². The molecule has 0 aromatic rings. The van der Waals surface area contributed by atoms with E-state index in [2.05, 4.69) is 4.90 Å². The summed E-state index contributed by atoms with van der Waals surface area (Å²) in [5.41, 5.74) is 6.22. The highest BCUT2D eigenvalue weighted by molar-refractivity contribution is 5.02. The third-order valence-corrected chi connectivity index (χ3v) is 4.31. The van der Waals surface area contributed by atoms with Crippen LogP contribution in [0.1, 0.15) is 25.7 Å².